The Balaban J connectivity index is 1.09. The summed E-state index contributed by atoms with van der Waals surface area (Å²) in [4.78, 5) is 4.81. The largest absolute Gasteiger partial charge is 0.456 e. The number of furan rings is 2. The summed E-state index contributed by atoms with van der Waals surface area (Å²) in [5.41, 5.74) is 20.8. The molecule has 350 valence electrons. The van der Waals surface area contributed by atoms with Crippen LogP contribution in [0.3, 0.4) is 0 Å². The van der Waals surface area contributed by atoms with Crippen molar-refractivity contribution in [1.29, 1.82) is 0 Å². The van der Waals surface area contributed by atoms with Gasteiger partial charge in [0.25, 0.3) is 0 Å². The normalized spacial score (nSPS) is 13.8. The maximum atomic E-state index is 7.24. The highest BCUT2D eigenvalue weighted by molar-refractivity contribution is 6.18. The van der Waals surface area contributed by atoms with Crippen molar-refractivity contribution in [2.45, 2.75) is 24.7 Å². The molecule has 4 nitrogen and oxygen atoms in total. The molecule has 13 aromatic rings. The molecule has 0 unspecified atom stereocenters. The van der Waals surface area contributed by atoms with Crippen LogP contribution in [0.15, 0.2) is 264 Å². The van der Waals surface area contributed by atoms with E-state index in [1.807, 2.05) is 0 Å². The van der Waals surface area contributed by atoms with Crippen molar-refractivity contribution in [3.05, 3.63) is 288 Å². The van der Waals surface area contributed by atoms with Gasteiger partial charge in [0.15, 0.2) is 5.58 Å². The lowest BCUT2D eigenvalue weighted by Gasteiger charge is -2.35. The molecule has 0 saturated carbocycles. The molecular weight excluding hydrogens is 901 g/mol. The van der Waals surface area contributed by atoms with Crippen LogP contribution in [0.1, 0.15) is 47.2 Å². The summed E-state index contributed by atoms with van der Waals surface area (Å²) in [5, 5.41) is 4.17. The Kier molecular flexibility index (Phi) is 9.19. The van der Waals surface area contributed by atoms with Crippen LogP contribution in [0.4, 0.5) is 34.1 Å². The van der Waals surface area contributed by atoms with E-state index in [4.69, 9.17) is 8.83 Å². The quantitative estimate of drug-likeness (QED) is 0.152. The topological polar surface area (TPSA) is 32.8 Å². The highest BCUT2D eigenvalue weighted by Crippen LogP contribution is 2.60. The number of hydrogen-bond donors (Lipinski definition) is 0. The molecule has 2 aliphatic carbocycles. The molecule has 0 atom stereocenters. The molecule has 0 amide bonds. The van der Waals surface area contributed by atoms with Gasteiger partial charge < -0.3 is 18.6 Å². The zero-order valence-corrected chi connectivity index (χ0v) is 41.0. The van der Waals surface area contributed by atoms with Gasteiger partial charge in [-0.1, -0.05) is 196 Å². The van der Waals surface area contributed by atoms with E-state index in [1.165, 1.54) is 50.1 Å². The van der Waals surface area contributed by atoms with E-state index in [1.54, 1.807) is 0 Å². The van der Waals surface area contributed by atoms with Gasteiger partial charge in [-0.3, -0.25) is 0 Å². The van der Waals surface area contributed by atoms with Crippen LogP contribution < -0.4 is 9.80 Å². The first kappa shape index (κ1) is 42.3. The van der Waals surface area contributed by atoms with Crippen molar-refractivity contribution in [3.63, 3.8) is 0 Å². The Hall–Kier alpha value is -9.38. The molecule has 0 radical (unpaired) electrons. The van der Waals surface area contributed by atoms with Crippen molar-refractivity contribution in [3.8, 4) is 22.3 Å². The minimum atomic E-state index is -0.753. The first-order chi connectivity index (χ1) is 36.5. The summed E-state index contributed by atoms with van der Waals surface area (Å²) >= 11 is 0. The van der Waals surface area contributed by atoms with Gasteiger partial charge in [-0.15, -0.1) is 0 Å². The summed E-state index contributed by atoms with van der Waals surface area (Å²) in [6.07, 6.45) is 0. The highest BCUT2D eigenvalue weighted by Gasteiger charge is 2.48. The molecule has 2 aliphatic rings. The van der Waals surface area contributed by atoms with Gasteiger partial charge in [0.2, 0.25) is 0 Å². The Bertz CT molecular complexity index is 4270. The molecule has 4 heteroatoms. The van der Waals surface area contributed by atoms with Gasteiger partial charge in [-0.2, -0.15) is 0 Å². The average molecular weight is 949 g/mol. The second-order valence-electron chi connectivity index (χ2n) is 20.3. The Morgan fingerprint density at radius 3 is 1.45 bits per heavy atom. The molecule has 2 heterocycles. The molecule has 0 fully saturated rings. The third kappa shape index (κ3) is 5.97. The van der Waals surface area contributed by atoms with Crippen molar-refractivity contribution in [2.24, 2.45) is 0 Å². The van der Waals surface area contributed by atoms with Gasteiger partial charge in [0.1, 0.15) is 16.7 Å². The average Bonchev–Trinajstić information content (AvgIpc) is 4.19. The minimum absolute atomic E-state index is 0.245. The fourth-order valence-corrected chi connectivity index (χ4v) is 12.9. The molecule has 0 aliphatic heterocycles. The molecule has 0 saturated heterocycles. The van der Waals surface area contributed by atoms with Crippen LogP contribution >= 0.6 is 0 Å². The molecular formula is C70H48N2O2. The van der Waals surface area contributed by atoms with Gasteiger partial charge in [0, 0.05) is 49.9 Å². The van der Waals surface area contributed by atoms with E-state index in [2.05, 4.69) is 278 Å². The van der Waals surface area contributed by atoms with Gasteiger partial charge in [-0.25, -0.2) is 0 Å². The molecule has 0 bridgehead atoms. The summed E-state index contributed by atoms with van der Waals surface area (Å²) < 4.78 is 14.5. The van der Waals surface area contributed by atoms with Crippen LogP contribution in [0.25, 0.3) is 66.1 Å². The van der Waals surface area contributed by atoms with E-state index in [0.29, 0.717) is 0 Å². The predicted molar refractivity (Wildman–Crippen MR) is 305 cm³/mol. The first-order valence-electron chi connectivity index (χ1n) is 25.6. The predicted octanol–water partition coefficient (Wildman–Crippen LogP) is 19.1. The third-order valence-corrected chi connectivity index (χ3v) is 16.1. The van der Waals surface area contributed by atoms with E-state index in [9.17, 15) is 0 Å². The Morgan fingerprint density at radius 2 is 0.784 bits per heavy atom. The first-order valence-corrected chi connectivity index (χ1v) is 25.6. The smallest absolute Gasteiger partial charge is 0.161 e. The molecule has 74 heavy (non-hydrogen) atoms. The van der Waals surface area contributed by atoms with Gasteiger partial charge in [0.05, 0.1) is 22.2 Å². The SMILES string of the molecule is CC1(C)c2ccccc2-c2ccc(N(c3cc(C4(c5ccccc5)c5ccccc5-c5ccccc54)c4oc5ccccc5c4c3)c3ccc(N(c4ccccc4)c4ccccc4)c4oc5ccccc5c34)cc21. The van der Waals surface area contributed by atoms with Crippen LogP contribution in [-0.4, -0.2) is 0 Å². The minimum Gasteiger partial charge on any atom is -0.456 e. The number of benzene rings is 11. The molecule has 2 aromatic heterocycles. The van der Waals surface area contributed by atoms with Gasteiger partial charge >= 0.3 is 0 Å². The van der Waals surface area contributed by atoms with Crippen LogP contribution in [0, 0.1) is 0 Å². The third-order valence-electron chi connectivity index (χ3n) is 16.1. The maximum absolute atomic E-state index is 7.24. The van der Waals surface area contributed by atoms with Crippen LogP contribution in [-0.2, 0) is 10.8 Å². The van der Waals surface area contributed by atoms with E-state index >= 15 is 0 Å². The lowest BCUT2D eigenvalue weighted by molar-refractivity contribution is 0.648. The lowest BCUT2D eigenvalue weighted by Crippen LogP contribution is -2.29. The second kappa shape index (κ2) is 16.1. The number of fused-ring (bicyclic) bond motifs is 12. The number of nitrogens with zero attached hydrogens (tertiary/aromatic N) is 2. The summed E-state index contributed by atoms with van der Waals surface area (Å²) in [7, 11) is 0. The van der Waals surface area contributed by atoms with Crippen molar-refractivity contribution in [1.82, 2.24) is 0 Å². The number of para-hydroxylation sites is 4. The van der Waals surface area contributed by atoms with Crippen LogP contribution in [0.5, 0.6) is 0 Å². The number of hydrogen-bond acceptors (Lipinski definition) is 4. The summed E-state index contributed by atoms with van der Waals surface area (Å²) in [5.74, 6) is 0. The van der Waals surface area contributed by atoms with Crippen LogP contribution in [0.2, 0.25) is 0 Å². The molecule has 0 N–H and O–H groups in total. The number of rotatable bonds is 8. The number of anilines is 6. The standard InChI is InChI=1S/C70H48N2O2/c1-69(2)57-33-17-12-28-50(57)53-39-38-48(43-60(53)69)72(62-40-41-63(68-66(62)55-32-16-21-37-65(55)74-68)71(46-24-8-4-9-25-46)47-26-10-5-11-27-47)49-42-56-54-31-15-20-36-64(54)73-67(56)61(44-49)70(45-22-6-3-7-23-45)58-34-18-13-29-51(58)52-30-14-19-35-59(52)70/h3-44H,1-2H3. The summed E-state index contributed by atoms with van der Waals surface area (Å²) in [6.45, 7) is 4.73. The Morgan fingerprint density at radius 1 is 0.311 bits per heavy atom. The maximum Gasteiger partial charge on any atom is 0.161 e. The zero-order chi connectivity index (χ0) is 49.1. The van der Waals surface area contributed by atoms with Crippen molar-refractivity contribution < 1.29 is 8.83 Å². The summed E-state index contributed by atoms with van der Waals surface area (Å²) in [6, 6.07) is 92.6. The fraction of sp³-hybridized carbons (Fsp3) is 0.0571. The lowest BCUT2D eigenvalue weighted by atomic mass is 9.67. The zero-order valence-electron chi connectivity index (χ0n) is 41.0. The monoisotopic (exact) mass is 948 g/mol. The second-order valence-corrected chi connectivity index (χ2v) is 20.3. The molecule has 11 aromatic carbocycles. The van der Waals surface area contributed by atoms with Crippen molar-refractivity contribution in [2.75, 3.05) is 9.80 Å². The van der Waals surface area contributed by atoms with E-state index < -0.39 is 5.41 Å². The van der Waals surface area contributed by atoms with E-state index in [0.717, 1.165) is 83.6 Å². The molecule has 0 spiro atoms. The molecule has 15 rings (SSSR count). The Labute approximate surface area is 429 Å². The fourth-order valence-electron chi connectivity index (χ4n) is 12.9. The van der Waals surface area contributed by atoms with Gasteiger partial charge in [-0.05, 0) is 123 Å². The highest BCUT2D eigenvalue weighted by atomic mass is 16.3. The van der Waals surface area contributed by atoms with E-state index in [-0.39, 0.29) is 5.41 Å². The van der Waals surface area contributed by atoms with Crippen molar-refractivity contribution >= 4 is 78.0 Å².